The molecule has 1 aromatic heterocycles. The fourth-order valence-electron chi connectivity index (χ4n) is 1.97. The molecule has 7 heteroatoms. The Morgan fingerprint density at radius 3 is 2.95 bits per heavy atom. The van der Waals surface area contributed by atoms with Crippen LogP contribution in [-0.2, 0) is 10.2 Å². The highest BCUT2D eigenvalue weighted by Crippen LogP contribution is 2.32. The van der Waals surface area contributed by atoms with Crippen LogP contribution in [0.4, 0.5) is 5.13 Å². The Hall–Kier alpha value is -1.59. The number of thiazole rings is 1. The predicted octanol–water partition coefficient (Wildman–Crippen LogP) is 3.10. The van der Waals surface area contributed by atoms with Crippen molar-refractivity contribution in [1.29, 1.82) is 0 Å². The van der Waals surface area contributed by atoms with Crippen LogP contribution in [0.5, 0.6) is 0 Å². The Morgan fingerprint density at radius 2 is 2.37 bits per heavy atom. The Labute approximate surface area is 116 Å². The van der Waals surface area contributed by atoms with E-state index in [9.17, 15) is 4.79 Å². The van der Waals surface area contributed by atoms with Crippen LogP contribution in [0, 0.1) is 5.92 Å². The van der Waals surface area contributed by atoms with Gasteiger partial charge in [-0.25, -0.2) is 4.98 Å². The number of rotatable bonds is 3. The summed E-state index contributed by atoms with van der Waals surface area (Å²) in [6, 6.07) is 0. The summed E-state index contributed by atoms with van der Waals surface area (Å²) in [5.41, 5.74) is 9.30. The largest absolute Gasteiger partial charge is 0.288 e. The van der Waals surface area contributed by atoms with Crippen LogP contribution in [-0.4, -0.2) is 24.0 Å². The van der Waals surface area contributed by atoms with E-state index in [0.717, 1.165) is 10.8 Å². The van der Waals surface area contributed by atoms with E-state index in [1.54, 1.807) is 4.90 Å². The van der Waals surface area contributed by atoms with Gasteiger partial charge in [-0.15, -0.1) is 11.3 Å². The van der Waals surface area contributed by atoms with Gasteiger partial charge in [0.2, 0.25) is 5.91 Å². The third-order valence-electron chi connectivity index (χ3n) is 3.10. The first-order valence-corrected chi connectivity index (χ1v) is 7.07. The molecule has 1 aromatic rings. The molecule has 0 spiro atoms. The van der Waals surface area contributed by atoms with Crippen molar-refractivity contribution < 1.29 is 4.79 Å². The van der Waals surface area contributed by atoms with Gasteiger partial charge >= 0.3 is 0 Å². The summed E-state index contributed by atoms with van der Waals surface area (Å²) in [6.45, 7) is 7.26. The molecule has 2 heterocycles. The fraction of sp³-hybridized carbons (Fsp3) is 0.667. The van der Waals surface area contributed by atoms with Gasteiger partial charge in [-0.3, -0.25) is 9.69 Å². The Kier molecular flexibility index (Phi) is 3.78. The minimum Gasteiger partial charge on any atom is -0.288 e. The smallest absolute Gasteiger partial charge is 0.229 e. The maximum absolute atomic E-state index is 12.0. The van der Waals surface area contributed by atoms with E-state index in [1.807, 2.05) is 5.38 Å². The van der Waals surface area contributed by atoms with Crippen LogP contribution in [0.2, 0.25) is 0 Å². The third-order valence-corrected chi connectivity index (χ3v) is 3.96. The summed E-state index contributed by atoms with van der Waals surface area (Å²) in [7, 11) is 0. The summed E-state index contributed by atoms with van der Waals surface area (Å²) >= 11 is 1.49. The lowest BCUT2D eigenvalue weighted by atomic mass is 9.93. The SMILES string of the molecule is CC(C)(C)c1csc(N2CC(CN=[N+]=[N-])CC2=O)n1. The first-order valence-electron chi connectivity index (χ1n) is 6.19. The van der Waals surface area contributed by atoms with Crippen molar-refractivity contribution in [3.8, 4) is 0 Å². The minimum atomic E-state index is -0.0119. The van der Waals surface area contributed by atoms with Crippen LogP contribution < -0.4 is 4.90 Å². The molecule has 1 fully saturated rings. The molecule has 6 nitrogen and oxygen atoms in total. The quantitative estimate of drug-likeness (QED) is 0.484. The standard InChI is InChI=1S/C12H17N5OS/c1-12(2,3)9-7-19-11(15-9)17-6-8(4-10(17)18)5-14-16-13/h7-8H,4-6H2,1-3H3. The van der Waals surface area contributed by atoms with Gasteiger partial charge in [-0.1, -0.05) is 25.9 Å². The number of amides is 1. The maximum Gasteiger partial charge on any atom is 0.229 e. The Morgan fingerprint density at radius 1 is 1.63 bits per heavy atom. The predicted molar refractivity (Wildman–Crippen MR) is 75.3 cm³/mol. The van der Waals surface area contributed by atoms with E-state index in [0.29, 0.717) is 19.5 Å². The molecule has 19 heavy (non-hydrogen) atoms. The van der Waals surface area contributed by atoms with Gasteiger partial charge in [0.25, 0.3) is 0 Å². The first kappa shape index (κ1) is 13.8. The molecule has 2 rings (SSSR count). The van der Waals surface area contributed by atoms with Crippen LogP contribution >= 0.6 is 11.3 Å². The molecule has 1 saturated heterocycles. The van der Waals surface area contributed by atoms with Gasteiger partial charge in [0.1, 0.15) is 0 Å². The zero-order chi connectivity index (χ0) is 14.0. The molecule has 1 amide bonds. The number of carbonyl (C=O) groups excluding carboxylic acids is 1. The van der Waals surface area contributed by atoms with Gasteiger partial charge in [-0.05, 0) is 11.4 Å². The van der Waals surface area contributed by atoms with E-state index in [1.165, 1.54) is 11.3 Å². The van der Waals surface area contributed by atoms with Crippen molar-refractivity contribution >= 4 is 22.4 Å². The van der Waals surface area contributed by atoms with Crippen molar-refractivity contribution in [2.75, 3.05) is 18.0 Å². The van der Waals surface area contributed by atoms with Crippen molar-refractivity contribution in [2.45, 2.75) is 32.6 Å². The van der Waals surface area contributed by atoms with Crippen LogP contribution in [0.3, 0.4) is 0 Å². The number of anilines is 1. The van der Waals surface area contributed by atoms with Gasteiger partial charge in [0.05, 0.1) is 5.69 Å². The number of carbonyl (C=O) groups is 1. The van der Waals surface area contributed by atoms with Gasteiger partial charge in [-0.2, -0.15) is 0 Å². The lowest BCUT2D eigenvalue weighted by Crippen LogP contribution is -2.25. The normalized spacial score (nSPS) is 19.6. The van der Waals surface area contributed by atoms with Crippen molar-refractivity contribution in [3.05, 3.63) is 21.5 Å². The number of aromatic nitrogens is 1. The van der Waals surface area contributed by atoms with E-state index < -0.39 is 0 Å². The monoisotopic (exact) mass is 279 g/mol. The van der Waals surface area contributed by atoms with E-state index in [4.69, 9.17) is 5.53 Å². The molecule has 0 aromatic carbocycles. The van der Waals surface area contributed by atoms with Crippen LogP contribution in [0.25, 0.3) is 10.4 Å². The molecule has 1 atom stereocenters. The average molecular weight is 279 g/mol. The van der Waals surface area contributed by atoms with Gasteiger partial charge in [0, 0.05) is 35.2 Å². The molecule has 1 unspecified atom stereocenters. The highest BCUT2D eigenvalue weighted by molar-refractivity contribution is 7.14. The molecule has 0 saturated carbocycles. The molecule has 0 bridgehead atoms. The van der Waals surface area contributed by atoms with E-state index in [-0.39, 0.29) is 17.2 Å². The summed E-state index contributed by atoms with van der Waals surface area (Å²) < 4.78 is 0. The zero-order valence-electron chi connectivity index (χ0n) is 11.3. The molecule has 1 aliphatic heterocycles. The lowest BCUT2D eigenvalue weighted by Gasteiger charge is -2.16. The van der Waals surface area contributed by atoms with Crippen molar-refractivity contribution in [3.63, 3.8) is 0 Å². The molecule has 102 valence electrons. The molecule has 0 aliphatic carbocycles. The highest BCUT2D eigenvalue weighted by Gasteiger charge is 2.32. The average Bonchev–Trinajstić information content (AvgIpc) is 2.91. The van der Waals surface area contributed by atoms with Gasteiger partial charge < -0.3 is 0 Å². The van der Waals surface area contributed by atoms with Gasteiger partial charge in [0.15, 0.2) is 5.13 Å². The van der Waals surface area contributed by atoms with Crippen LogP contribution in [0.15, 0.2) is 10.5 Å². The second-order valence-electron chi connectivity index (χ2n) is 5.75. The first-order chi connectivity index (χ1) is 8.91. The third kappa shape index (κ3) is 3.05. The van der Waals surface area contributed by atoms with E-state index in [2.05, 4.69) is 35.8 Å². The molecular weight excluding hydrogens is 262 g/mol. The van der Waals surface area contributed by atoms with Crippen molar-refractivity contribution in [2.24, 2.45) is 11.0 Å². The Bertz CT molecular complexity index is 526. The number of nitrogens with zero attached hydrogens (tertiary/aromatic N) is 5. The van der Waals surface area contributed by atoms with Crippen LogP contribution in [0.1, 0.15) is 32.9 Å². The second kappa shape index (κ2) is 5.19. The molecular formula is C12H17N5OS. The highest BCUT2D eigenvalue weighted by atomic mass is 32.1. The summed E-state index contributed by atoms with van der Waals surface area (Å²) in [5, 5.41) is 6.30. The fourth-order valence-corrected chi connectivity index (χ4v) is 3.05. The summed E-state index contributed by atoms with van der Waals surface area (Å²) in [4.78, 5) is 21.0. The van der Waals surface area contributed by atoms with E-state index >= 15 is 0 Å². The molecule has 1 aliphatic rings. The maximum atomic E-state index is 12.0. The minimum absolute atomic E-state index is 0.0119. The zero-order valence-corrected chi connectivity index (χ0v) is 12.1. The summed E-state index contributed by atoms with van der Waals surface area (Å²) in [6.07, 6.45) is 0.434. The number of azide groups is 1. The second-order valence-corrected chi connectivity index (χ2v) is 6.59. The molecule has 0 N–H and O–H groups in total. The Balaban J connectivity index is 2.12. The number of hydrogen-bond acceptors (Lipinski definition) is 4. The number of hydrogen-bond donors (Lipinski definition) is 0. The lowest BCUT2D eigenvalue weighted by molar-refractivity contribution is -0.117. The topological polar surface area (TPSA) is 82.0 Å². The summed E-state index contributed by atoms with van der Waals surface area (Å²) in [5.74, 6) is 0.165. The molecule has 0 radical (unpaired) electrons. The van der Waals surface area contributed by atoms with Crippen molar-refractivity contribution in [1.82, 2.24) is 4.98 Å².